The normalized spacial score (nSPS) is 26.2. The van der Waals surface area contributed by atoms with Gasteiger partial charge in [-0.3, -0.25) is 4.79 Å². The van der Waals surface area contributed by atoms with Gasteiger partial charge in [-0.25, -0.2) is 4.79 Å². The first-order valence-corrected chi connectivity index (χ1v) is 7.53. The van der Waals surface area contributed by atoms with E-state index >= 15 is 0 Å². The predicted octanol–water partition coefficient (Wildman–Crippen LogP) is 1.28. The Kier molecular flexibility index (Phi) is 5.23. The highest BCUT2D eigenvalue weighted by atomic mass is 16.4. The minimum absolute atomic E-state index is 0.00538. The van der Waals surface area contributed by atoms with Gasteiger partial charge >= 0.3 is 12.0 Å². The number of nitrogens with zero attached hydrogens (tertiary/aromatic N) is 2. The second-order valence-electron chi connectivity index (χ2n) is 5.73. The van der Waals surface area contributed by atoms with Crippen LogP contribution in [0.4, 0.5) is 4.79 Å². The van der Waals surface area contributed by atoms with Gasteiger partial charge in [0.2, 0.25) is 0 Å². The molecule has 2 saturated heterocycles. The molecule has 6 heteroatoms. The fraction of sp³-hybridized carbons (Fsp3) is 0.857. The largest absolute Gasteiger partial charge is 0.481 e. The summed E-state index contributed by atoms with van der Waals surface area (Å²) >= 11 is 0. The van der Waals surface area contributed by atoms with Crippen molar-refractivity contribution in [1.29, 1.82) is 0 Å². The molecule has 0 bridgehead atoms. The Bertz CT molecular complexity index is 361. The second kappa shape index (κ2) is 6.92. The van der Waals surface area contributed by atoms with Gasteiger partial charge in [0.15, 0.2) is 0 Å². The first kappa shape index (κ1) is 15.1. The van der Waals surface area contributed by atoms with Crippen LogP contribution in [0.1, 0.15) is 44.9 Å². The van der Waals surface area contributed by atoms with E-state index in [2.05, 4.69) is 0 Å². The van der Waals surface area contributed by atoms with Crippen molar-refractivity contribution >= 4 is 12.0 Å². The molecule has 0 aromatic rings. The lowest BCUT2D eigenvalue weighted by Gasteiger charge is -2.32. The third-order valence-electron chi connectivity index (χ3n) is 4.35. The molecule has 0 aromatic heterocycles. The number of aliphatic hydroxyl groups is 1. The summed E-state index contributed by atoms with van der Waals surface area (Å²) < 4.78 is 0. The van der Waals surface area contributed by atoms with Gasteiger partial charge in [-0.15, -0.1) is 0 Å². The maximum Gasteiger partial charge on any atom is 0.320 e. The second-order valence-corrected chi connectivity index (χ2v) is 5.73. The summed E-state index contributed by atoms with van der Waals surface area (Å²) in [5.74, 6) is -0.840. The average Bonchev–Trinajstić information content (AvgIpc) is 3.03. The number of aliphatic hydroxyl groups excluding tert-OH is 1. The number of hydrogen-bond acceptors (Lipinski definition) is 3. The van der Waals surface area contributed by atoms with Gasteiger partial charge in [-0.2, -0.15) is 0 Å². The first-order valence-electron chi connectivity index (χ1n) is 7.53. The van der Waals surface area contributed by atoms with Crippen LogP contribution in [0, 0.1) is 0 Å². The number of likely N-dealkylation sites (tertiary alicyclic amines) is 2. The molecule has 6 nitrogen and oxygen atoms in total. The highest BCUT2D eigenvalue weighted by Gasteiger charge is 2.37. The van der Waals surface area contributed by atoms with E-state index < -0.39 is 5.97 Å². The van der Waals surface area contributed by atoms with E-state index in [0.717, 1.165) is 38.6 Å². The molecule has 2 amide bonds. The van der Waals surface area contributed by atoms with Crippen molar-refractivity contribution in [2.45, 2.75) is 57.0 Å². The van der Waals surface area contributed by atoms with Crippen molar-refractivity contribution in [1.82, 2.24) is 9.80 Å². The molecule has 2 N–H and O–H groups in total. The van der Waals surface area contributed by atoms with E-state index in [0.29, 0.717) is 13.0 Å². The van der Waals surface area contributed by atoms with Crippen LogP contribution >= 0.6 is 0 Å². The fourth-order valence-corrected chi connectivity index (χ4v) is 3.38. The van der Waals surface area contributed by atoms with E-state index in [1.165, 1.54) is 0 Å². The predicted molar refractivity (Wildman–Crippen MR) is 73.4 cm³/mol. The molecule has 2 rings (SSSR count). The summed E-state index contributed by atoms with van der Waals surface area (Å²) in [5.41, 5.74) is 0. The van der Waals surface area contributed by atoms with Crippen molar-refractivity contribution in [2.24, 2.45) is 0 Å². The van der Waals surface area contributed by atoms with Crippen LogP contribution in [-0.2, 0) is 4.79 Å². The van der Waals surface area contributed by atoms with E-state index in [-0.39, 0.29) is 31.1 Å². The summed E-state index contributed by atoms with van der Waals surface area (Å²) in [4.78, 5) is 27.1. The summed E-state index contributed by atoms with van der Waals surface area (Å²) in [6.45, 7) is 1.58. The molecule has 0 saturated carbocycles. The number of carbonyl (C=O) groups excluding carboxylic acids is 1. The minimum Gasteiger partial charge on any atom is -0.481 e. The molecule has 0 aliphatic carbocycles. The van der Waals surface area contributed by atoms with Gasteiger partial charge in [-0.1, -0.05) is 0 Å². The smallest absolute Gasteiger partial charge is 0.320 e. The number of urea groups is 1. The molecular formula is C14H24N2O4. The Labute approximate surface area is 119 Å². The summed E-state index contributed by atoms with van der Waals surface area (Å²) in [6.07, 6.45) is 5.25. The number of carboxylic acids is 1. The van der Waals surface area contributed by atoms with Crippen LogP contribution in [0.15, 0.2) is 0 Å². The van der Waals surface area contributed by atoms with Crippen LogP contribution in [0.3, 0.4) is 0 Å². The zero-order valence-corrected chi connectivity index (χ0v) is 11.8. The van der Waals surface area contributed by atoms with Crippen molar-refractivity contribution in [2.75, 3.05) is 19.7 Å². The molecule has 2 heterocycles. The maximum absolute atomic E-state index is 12.6. The monoisotopic (exact) mass is 284 g/mol. The van der Waals surface area contributed by atoms with E-state index in [1.54, 1.807) is 4.90 Å². The van der Waals surface area contributed by atoms with E-state index in [9.17, 15) is 9.59 Å². The first-order chi connectivity index (χ1) is 9.63. The number of carbonyl (C=O) groups is 2. The molecule has 2 aliphatic heterocycles. The summed E-state index contributed by atoms with van der Waals surface area (Å²) in [7, 11) is 0. The number of carboxylic acid groups (broad SMARTS) is 1. The average molecular weight is 284 g/mol. The molecule has 2 atom stereocenters. The Morgan fingerprint density at radius 2 is 1.65 bits per heavy atom. The van der Waals surface area contributed by atoms with Gasteiger partial charge in [0.1, 0.15) is 0 Å². The Balaban J connectivity index is 1.96. The third kappa shape index (κ3) is 3.42. The molecule has 2 unspecified atom stereocenters. The van der Waals surface area contributed by atoms with Crippen molar-refractivity contribution in [3.8, 4) is 0 Å². The third-order valence-corrected chi connectivity index (χ3v) is 4.35. The van der Waals surface area contributed by atoms with Crippen LogP contribution in [-0.4, -0.2) is 63.8 Å². The van der Waals surface area contributed by atoms with Gasteiger partial charge in [0.25, 0.3) is 0 Å². The summed E-state index contributed by atoms with van der Waals surface area (Å²) in [6, 6.07) is 0.0500. The van der Waals surface area contributed by atoms with Gasteiger partial charge in [0.05, 0.1) is 6.42 Å². The standard InChI is InChI=1S/C14H24N2O4/c17-9-3-6-11-4-1-7-15(11)14(20)16-8-2-5-12(16)10-13(18)19/h11-12,17H,1-10H2,(H,18,19). The molecule has 20 heavy (non-hydrogen) atoms. The Hall–Kier alpha value is -1.30. The molecular weight excluding hydrogens is 260 g/mol. The van der Waals surface area contributed by atoms with Crippen LogP contribution in [0.25, 0.3) is 0 Å². The maximum atomic E-state index is 12.6. The topological polar surface area (TPSA) is 81.1 Å². The van der Waals surface area contributed by atoms with Crippen molar-refractivity contribution < 1.29 is 19.8 Å². The molecule has 0 spiro atoms. The number of amides is 2. The molecule has 114 valence electrons. The van der Waals surface area contributed by atoms with Crippen LogP contribution < -0.4 is 0 Å². The van der Waals surface area contributed by atoms with Crippen molar-refractivity contribution in [3.05, 3.63) is 0 Å². The molecule has 2 aliphatic rings. The van der Waals surface area contributed by atoms with E-state index in [1.807, 2.05) is 4.90 Å². The zero-order valence-electron chi connectivity index (χ0n) is 11.8. The lowest BCUT2D eigenvalue weighted by molar-refractivity contribution is -0.138. The lowest BCUT2D eigenvalue weighted by atomic mass is 10.1. The highest BCUT2D eigenvalue weighted by Crippen LogP contribution is 2.27. The van der Waals surface area contributed by atoms with Crippen LogP contribution in [0.5, 0.6) is 0 Å². The zero-order chi connectivity index (χ0) is 14.5. The minimum atomic E-state index is -0.840. The van der Waals surface area contributed by atoms with E-state index in [4.69, 9.17) is 10.2 Å². The van der Waals surface area contributed by atoms with Gasteiger partial charge < -0.3 is 20.0 Å². The Morgan fingerprint density at radius 3 is 2.25 bits per heavy atom. The number of aliphatic carboxylic acids is 1. The quantitative estimate of drug-likeness (QED) is 0.797. The van der Waals surface area contributed by atoms with Crippen LogP contribution in [0.2, 0.25) is 0 Å². The SMILES string of the molecule is O=C(O)CC1CCCN1C(=O)N1CCCC1CCCO. The van der Waals surface area contributed by atoms with Gasteiger partial charge in [-0.05, 0) is 38.5 Å². The molecule has 2 fully saturated rings. The molecule has 0 aromatic carbocycles. The summed E-state index contributed by atoms with van der Waals surface area (Å²) in [5, 5.41) is 17.9. The Morgan fingerprint density at radius 1 is 1.05 bits per heavy atom. The highest BCUT2D eigenvalue weighted by molar-refractivity contribution is 5.77. The molecule has 0 radical (unpaired) electrons. The van der Waals surface area contributed by atoms with Crippen molar-refractivity contribution in [3.63, 3.8) is 0 Å². The van der Waals surface area contributed by atoms with Gasteiger partial charge in [0, 0.05) is 31.8 Å². The fourth-order valence-electron chi connectivity index (χ4n) is 3.38. The number of rotatable bonds is 5. The lowest BCUT2D eigenvalue weighted by Crippen LogP contribution is -2.47. The number of hydrogen-bond donors (Lipinski definition) is 2.